The Morgan fingerprint density at radius 2 is 2.09 bits per heavy atom. The van der Waals surface area contributed by atoms with Gasteiger partial charge in [-0.2, -0.15) is 5.10 Å². The van der Waals surface area contributed by atoms with E-state index in [2.05, 4.69) is 20.5 Å². The summed E-state index contributed by atoms with van der Waals surface area (Å²) < 4.78 is 0. The van der Waals surface area contributed by atoms with E-state index in [1.54, 1.807) is 35.8 Å². The minimum atomic E-state index is -0.252. The molecule has 4 rings (SSSR count). The predicted octanol–water partition coefficient (Wildman–Crippen LogP) is 3.37. The monoisotopic (exact) mass is 326 g/mol. The van der Waals surface area contributed by atoms with E-state index in [9.17, 15) is 9.90 Å². The highest BCUT2D eigenvalue weighted by atomic mass is 32.1. The molecule has 1 saturated carbocycles. The van der Waals surface area contributed by atoms with Gasteiger partial charge in [0.05, 0.1) is 6.20 Å². The van der Waals surface area contributed by atoms with Crippen LogP contribution in [-0.2, 0) is 0 Å². The molecule has 1 amide bonds. The van der Waals surface area contributed by atoms with Gasteiger partial charge in [-0.1, -0.05) is 0 Å². The van der Waals surface area contributed by atoms with Crippen molar-refractivity contribution in [1.82, 2.24) is 15.2 Å². The first-order valence-corrected chi connectivity index (χ1v) is 8.18. The van der Waals surface area contributed by atoms with E-state index in [0.717, 1.165) is 29.0 Å². The van der Waals surface area contributed by atoms with Gasteiger partial charge in [0.15, 0.2) is 0 Å². The second kappa shape index (κ2) is 5.51. The third-order valence-corrected chi connectivity index (χ3v) is 4.67. The normalized spacial score (nSPS) is 13.9. The lowest BCUT2D eigenvalue weighted by Crippen LogP contribution is -2.13. The number of hydrogen-bond acceptors (Lipinski definition) is 5. The summed E-state index contributed by atoms with van der Waals surface area (Å²) in [7, 11) is 0. The van der Waals surface area contributed by atoms with E-state index in [-0.39, 0.29) is 11.7 Å². The van der Waals surface area contributed by atoms with Gasteiger partial charge in [-0.05, 0) is 43.0 Å². The average Bonchev–Trinajstić information content (AvgIpc) is 3.09. The number of carbonyl (C=O) groups excluding carboxylic acids is 1. The lowest BCUT2D eigenvalue weighted by Gasteiger charge is -2.02. The minimum Gasteiger partial charge on any atom is -0.508 e. The Balaban J connectivity index is 1.53. The number of amides is 1. The molecule has 2 heterocycles. The molecule has 0 atom stereocenters. The number of benzene rings is 1. The van der Waals surface area contributed by atoms with Crippen LogP contribution in [0.25, 0.3) is 10.6 Å². The molecule has 0 radical (unpaired) electrons. The summed E-state index contributed by atoms with van der Waals surface area (Å²) in [5, 5.41) is 21.5. The Morgan fingerprint density at radius 1 is 1.30 bits per heavy atom. The molecule has 1 fully saturated rings. The van der Waals surface area contributed by atoms with E-state index >= 15 is 0 Å². The number of thiazole rings is 1. The standard InChI is InChI=1S/C16H14N4O2S/c21-11-5-3-10(4-6-11)16-18-13(8-23-16)15(22)19-14-12(7-17-20-14)9-1-2-9/h3-9,21H,1-2H2,(H2,17,19,20,22). The third kappa shape index (κ3) is 2.83. The summed E-state index contributed by atoms with van der Waals surface area (Å²) in [6, 6.07) is 6.75. The van der Waals surface area contributed by atoms with E-state index in [1.807, 2.05) is 0 Å². The molecule has 3 aromatic rings. The zero-order valence-electron chi connectivity index (χ0n) is 12.1. The Morgan fingerprint density at radius 3 is 2.83 bits per heavy atom. The highest BCUT2D eigenvalue weighted by Crippen LogP contribution is 2.42. The fourth-order valence-corrected chi connectivity index (χ4v) is 3.20. The Labute approximate surface area is 136 Å². The fraction of sp³-hybridized carbons (Fsp3) is 0.188. The highest BCUT2D eigenvalue weighted by Gasteiger charge is 2.28. The van der Waals surface area contributed by atoms with Crippen LogP contribution in [0.3, 0.4) is 0 Å². The van der Waals surface area contributed by atoms with Crippen molar-refractivity contribution in [2.24, 2.45) is 0 Å². The summed E-state index contributed by atoms with van der Waals surface area (Å²) in [4.78, 5) is 16.7. The number of phenolic OH excluding ortho intramolecular Hbond substituents is 1. The number of H-pyrrole nitrogens is 1. The SMILES string of the molecule is O=C(Nc1[nH]ncc1C1CC1)c1csc(-c2ccc(O)cc2)n1. The Kier molecular flexibility index (Phi) is 3.34. The van der Waals surface area contributed by atoms with Gasteiger partial charge in [-0.3, -0.25) is 9.89 Å². The van der Waals surface area contributed by atoms with Crippen molar-refractivity contribution in [3.8, 4) is 16.3 Å². The van der Waals surface area contributed by atoms with Gasteiger partial charge in [-0.15, -0.1) is 11.3 Å². The van der Waals surface area contributed by atoms with Crippen molar-refractivity contribution < 1.29 is 9.90 Å². The van der Waals surface area contributed by atoms with Crippen LogP contribution in [0.5, 0.6) is 5.75 Å². The number of aromatic amines is 1. The number of aromatic hydroxyl groups is 1. The minimum absolute atomic E-state index is 0.204. The lowest BCUT2D eigenvalue weighted by atomic mass is 10.2. The fourth-order valence-electron chi connectivity index (χ4n) is 2.39. The molecule has 0 aliphatic heterocycles. The van der Waals surface area contributed by atoms with Gasteiger partial charge in [0.1, 0.15) is 22.3 Å². The summed E-state index contributed by atoms with van der Waals surface area (Å²) >= 11 is 1.39. The lowest BCUT2D eigenvalue weighted by molar-refractivity contribution is 0.102. The summed E-state index contributed by atoms with van der Waals surface area (Å²) in [5.41, 5.74) is 2.30. The van der Waals surface area contributed by atoms with Crippen LogP contribution in [-0.4, -0.2) is 26.2 Å². The van der Waals surface area contributed by atoms with Gasteiger partial charge in [0, 0.05) is 16.5 Å². The zero-order chi connectivity index (χ0) is 15.8. The van der Waals surface area contributed by atoms with Gasteiger partial charge < -0.3 is 10.4 Å². The largest absolute Gasteiger partial charge is 0.508 e. The van der Waals surface area contributed by atoms with E-state index in [0.29, 0.717) is 17.4 Å². The van der Waals surface area contributed by atoms with Gasteiger partial charge in [0.2, 0.25) is 0 Å². The molecule has 0 unspecified atom stereocenters. The number of anilines is 1. The van der Waals surface area contributed by atoms with Crippen molar-refractivity contribution >= 4 is 23.1 Å². The number of nitrogens with zero attached hydrogens (tertiary/aromatic N) is 2. The van der Waals surface area contributed by atoms with Crippen molar-refractivity contribution in [3.63, 3.8) is 0 Å². The maximum absolute atomic E-state index is 12.4. The molecule has 23 heavy (non-hydrogen) atoms. The highest BCUT2D eigenvalue weighted by molar-refractivity contribution is 7.13. The molecule has 7 heteroatoms. The number of rotatable bonds is 4. The second-order valence-electron chi connectivity index (χ2n) is 5.51. The average molecular weight is 326 g/mol. The van der Waals surface area contributed by atoms with Crippen molar-refractivity contribution in [3.05, 3.63) is 47.1 Å². The van der Waals surface area contributed by atoms with Gasteiger partial charge in [-0.25, -0.2) is 4.98 Å². The predicted molar refractivity (Wildman–Crippen MR) is 87.7 cm³/mol. The molecule has 0 bridgehead atoms. The summed E-state index contributed by atoms with van der Waals surface area (Å²) in [6.07, 6.45) is 4.06. The van der Waals surface area contributed by atoms with E-state index in [4.69, 9.17) is 0 Å². The molecule has 1 aliphatic carbocycles. The second-order valence-corrected chi connectivity index (χ2v) is 6.37. The number of hydrogen-bond donors (Lipinski definition) is 3. The quantitative estimate of drug-likeness (QED) is 0.685. The van der Waals surface area contributed by atoms with E-state index < -0.39 is 0 Å². The molecular formula is C16H14N4O2S. The van der Waals surface area contributed by atoms with Crippen LogP contribution in [0.4, 0.5) is 5.82 Å². The number of phenols is 1. The summed E-state index contributed by atoms with van der Waals surface area (Å²) in [6.45, 7) is 0. The molecule has 0 spiro atoms. The van der Waals surface area contributed by atoms with Crippen LogP contribution < -0.4 is 5.32 Å². The Bertz CT molecular complexity index is 849. The van der Waals surface area contributed by atoms with Gasteiger partial charge >= 0.3 is 0 Å². The van der Waals surface area contributed by atoms with Crippen molar-refractivity contribution in [2.45, 2.75) is 18.8 Å². The Hall–Kier alpha value is -2.67. The van der Waals surface area contributed by atoms with E-state index in [1.165, 1.54) is 11.3 Å². The topological polar surface area (TPSA) is 90.9 Å². The first kappa shape index (κ1) is 14.0. The van der Waals surface area contributed by atoms with Crippen LogP contribution in [0.2, 0.25) is 0 Å². The molecule has 0 saturated heterocycles. The number of nitrogens with one attached hydrogen (secondary N) is 2. The molecule has 2 aromatic heterocycles. The van der Waals surface area contributed by atoms with Crippen molar-refractivity contribution in [2.75, 3.05) is 5.32 Å². The molecule has 3 N–H and O–H groups in total. The third-order valence-electron chi connectivity index (χ3n) is 3.78. The molecule has 1 aromatic carbocycles. The number of carbonyl (C=O) groups is 1. The number of aromatic nitrogens is 3. The maximum atomic E-state index is 12.4. The summed E-state index contributed by atoms with van der Waals surface area (Å²) in [5.74, 6) is 1.12. The molecule has 6 nitrogen and oxygen atoms in total. The first-order valence-electron chi connectivity index (χ1n) is 7.30. The first-order chi connectivity index (χ1) is 11.2. The smallest absolute Gasteiger partial charge is 0.276 e. The molecule has 1 aliphatic rings. The maximum Gasteiger partial charge on any atom is 0.276 e. The van der Waals surface area contributed by atoms with Crippen LogP contribution >= 0.6 is 11.3 Å². The van der Waals surface area contributed by atoms with Crippen LogP contribution in [0.15, 0.2) is 35.8 Å². The van der Waals surface area contributed by atoms with Crippen molar-refractivity contribution in [1.29, 1.82) is 0 Å². The molecule has 116 valence electrons. The van der Waals surface area contributed by atoms with Crippen LogP contribution in [0, 0.1) is 0 Å². The molecular weight excluding hydrogens is 312 g/mol. The van der Waals surface area contributed by atoms with Crippen LogP contribution in [0.1, 0.15) is 34.8 Å². The zero-order valence-corrected chi connectivity index (χ0v) is 12.9. The van der Waals surface area contributed by atoms with Gasteiger partial charge in [0.25, 0.3) is 5.91 Å².